The van der Waals surface area contributed by atoms with Crippen molar-refractivity contribution in [2.75, 3.05) is 19.0 Å². The molecular weight excluding hydrogens is 311 g/mol. The highest BCUT2D eigenvalue weighted by molar-refractivity contribution is 5.95. The molecule has 5 nitrogen and oxygen atoms in total. The summed E-state index contributed by atoms with van der Waals surface area (Å²) in [5.74, 6) is -1.61. The number of methoxy groups -OCH3 is 1. The molecule has 0 unspecified atom stereocenters. The highest BCUT2D eigenvalue weighted by atomic mass is 19.1. The van der Waals surface area contributed by atoms with Crippen LogP contribution in [0.1, 0.15) is 21.5 Å². The maximum absolute atomic E-state index is 13.7. The minimum atomic E-state index is -0.616. The lowest BCUT2D eigenvalue weighted by atomic mass is 10.1. The lowest BCUT2D eigenvalue weighted by Gasteiger charge is -2.09. The SMILES string of the molecule is COC(=O)c1ccc(F)c(NC(=O)CNCc2cccc(C)c2)c1. The van der Waals surface area contributed by atoms with E-state index in [0.29, 0.717) is 6.54 Å². The zero-order chi connectivity index (χ0) is 17.5. The number of esters is 1. The van der Waals surface area contributed by atoms with Crippen LogP contribution in [0.25, 0.3) is 0 Å². The van der Waals surface area contributed by atoms with Gasteiger partial charge in [-0.05, 0) is 30.7 Å². The first-order valence-electron chi connectivity index (χ1n) is 7.43. The smallest absolute Gasteiger partial charge is 0.337 e. The maximum Gasteiger partial charge on any atom is 0.337 e. The van der Waals surface area contributed by atoms with Crippen LogP contribution < -0.4 is 10.6 Å². The van der Waals surface area contributed by atoms with Crippen molar-refractivity contribution in [3.05, 3.63) is 65.0 Å². The molecule has 0 saturated heterocycles. The molecule has 0 spiro atoms. The van der Waals surface area contributed by atoms with E-state index in [2.05, 4.69) is 15.4 Å². The van der Waals surface area contributed by atoms with Gasteiger partial charge in [0.1, 0.15) is 5.82 Å². The van der Waals surface area contributed by atoms with Gasteiger partial charge >= 0.3 is 5.97 Å². The summed E-state index contributed by atoms with van der Waals surface area (Å²) in [7, 11) is 1.24. The van der Waals surface area contributed by atoms with Crippen molar-refractivity contribution in [2.45, 2.75) is 13.5 Å². The Balaban J connectivity index is 1.91. The summed E-state index contributed by atoms with van der Waals surface area (Å²) in [5, 5.41) is 5.43. The third-order valence-electron chi connectivity index (χ3n) is 3.36. The number of carbonyl (C=O) groups is 2. The minimum absolute atomic E-state index is 0.0236. The van der Waals surface area contributed by atoms with Gasteiger partial charge in [0.05, 0.1) is 24.9 Å². The van der Waals surface area contributed by atoms with Gasteiger partial charge in [0, 0.05) is 6.54 Å². The van der Waals surface area contributed by atoms with Gasteiger partial charge in [-0.15, -0.1) is 0 Å². The summed E-state index contributed by atoms with van der Waals surface area (Å²) in [6.45, 7) is 2.54. The van der Waals surface area contributed by atoms with Crippen LogP contribution in [0.3, 0.4) is 0 Å². The van der Waals surface area contributed by atoms with Crippen LogP contribution in [0, 0.1) is 12.7 Å². The van der Waals surface area contributed by atoms with Crippen LogP contribution in [-0.2, 0) is 16.1 Å². The molecule has 2 N–H and O–H groups in total. The van der Waals surface area contributed by atoms with E-state index in [9.17, 15) is 14.0 Å². The van der Waals surface area contributed by atoms with Crippen LogP contribution in [0.2, 0.25) is 0 Å². The molecule has 126 valence electrons. The molecule has 0 saturated carbocycles. The van der Waals surface area contributed by atoms with Crippen molar-refractivity contribution in [1.29, 1.82) is 0 Å². The molecule has 0 atom stereocenters. The first-order valence-corrected chi connectivity index (χ1v) is 7.43. The van der Waals surface area contributed by atoms with Gasteiger partial charge in [0.2, 0.25) is 5.91 Å². The average molecular weight is 330 g/mol. The molecule has 0 heterocycles. The van der Waals surface area contributed by atoms with E-state index in [-0.39, 0.29) is 17.8 Å². The molecule has 2 aromatic carbocycles. The lowest BCUT2D eigenvalue weighted by molar-refractivity contribution is -0.115. The number of halogens is 1. The van der Waals surface area contributed by atoms with E-state index in [1.54, 1.807) is 0 Å². The van der Waals surface area contributed by atoms with Gasteiger partial charge in [0.15, 0.2) is 0 Å². The summed E-state index contributed by atoms with van der Waals surface area (Å²) >= 11 is 0. The number of nitrogens with one attached hydrogen (secondary N) is 2. The van der Waals surface area contributed by atoms with Crippen LogP contribution >= 0.6 is 0 Å². The van der Waals surface area contributed by atoms with E-state index < -0.39 is 17.7 Å². The number of hydrogen-bond acceptors (Lipinski definition) is 4. The molecule has 1 amide bonds. The molecule has 2 rings (SSSR count). The standard InChI is InChI=1S/C18H19FN2O3/c1-12-4-3-5-13(8-12)10-20-11-17(22)21-16-9-14(18(23)24-2)6-7-15(16)19/h3-9,20H,10-11H2,1-2H3,(H,21,22). The molecule has 6 heteroatoms. The Bertz CT molecular complexity index is 747. The predicted octanol–water partition coefficient (Wildman–Crippen LogP) is 2.65. The fraction of sp³-hybridized carbons (Fsp3) is 0.222. The van der Waals surface area contributed by atoms with E-state index in [1.165, 1.54) is 19.2 Å². The fourth-order valence-electron chi connectivity index (χ4n) is 2.20. The number of benzene rings is 2. The average Bonchev–Trinajstić information content (AvgIpc) is 2.56. The number of rotatable bonds is 6. The predicted molar refractivity (Wildman–Crippen MR) is 89.3 cm³/mol. The second kappa shape index (κ2) is 8.21. The summed E-state index contributed by atoms with van der Waals surface area (Å²) in [6, 6.07) is 11.6. The van der Waals surface area contributed by atoms with E-state index in [0.717, 1.165) is 17.2 Å². The molecule has 0 aliphatic heterocycles. The van der Waals surface area contributed by atoms with Crippen LogP contribution in [-0.4, -0.2) is 25.5 Å². The highest BCUT2D eigenvalue weighted by Crippen LogP contribution is 2.16. The quantitative estimate of drug-likeness (QED) is 0.799. The highest BCUT2D eigenvalue weighted by Gasteiger charge is 2.12. The summed E-state index contributed by atoms with van der Waals surface area (Å²) in [6.07, 6.45) is 0. The second-order valence-electron chi connectivity index (χ2n) is 5.33. The molecule has 0 fully saturated rings. The maximum atomic E-state index is 13.7. The molecule has 0 bridgehead atoms. The fourth-order valence-corrected chi connectivity index (χ4v) is 2.20. The molecule has 0 aliphatic carbocycles. The van der Waals surface area contributed by atoms with Gasteiger partial charge in [-0.25, -0.2) is 9.18 Å². The Morgan fingerprint density at radius 1 is 1.17 bits per heavy atom. The van der Waals surface area contributed by atoms with E-state index in [4.69, 9.17) is 0 Å². The third-order valence-corrected chi connectivity index (χ3v) is 3.36. The molecular formula is C18H19FN2O3. The number of amides is 1. The number of carbonyl (C=O) groups excluding carboxylic acids is 2. The Labute approximate surface area is 139 Å². The van der Waals surface area contributed by atoms with Gasteiger partial charge in [0.25, 0.3) is 0 Å². The van der Waals surface area contributed by atoms with Gasteiger partial charge in [-0.2, -0.15) is 0 Å². The first kappa shape index (κ1) is 17.6. The normalized spacial score (nSPS) is 10.3. The van der Waals surface area contributed by atoms with Crippen molar-refractivity contribution in [1.82, 2.24) is 5.32 Å². The molecule has 0 aliphatic rings. The second-order valence-corrected chi connectivity index (χ2v) is 5.33. The van der Waals surface area contributed by atoms with Crippen molar-refractivity contribution >= 4 is 17.6 Å². The number of hydrogen-bond donors (Lipinski definition) is 2. The van der Waals surface area contributed by atoms with Gasteiger partial charge in [-0.3, -0.25) is 4.79 Å². The zero-order valence-electron chi connectivity index (χ0n) is 13.6. The lowest BCUT2D eigenvalue weighted by Crippen LogP contribution is -2.28. The number of ether oxygens (including phenoxy) is 1. The molecule has 0 radical (unpaired) electrons. The van der Waals surface area contributed by atoms with Gasteiger partial charge < -0.3 is 15.4 Å². The van der Waals surface area contributed by atoms with Crippen molar-refractivity contribution in [3.63, 3.8) is 0 Å². The summed E-state index contributed by atoms with van der Waals surface area (Å²) in [5.41, 5.74) is 2.31. The Morgan fingerprint density at radius 3 is 2.67 bits per heavy atom. The summed E-state index contributed by atoms with van der Waals surface area (Å²) in [4.78, 5) is 23.4. The monoisotopic (exact) mass is 330 g/mol. The van der Waals surface area contributed by atoms with Gasteiger partial charge in [-0.1, -0.05) is 29.8 Å². The van der Waals surface area contributed by atoms with Crippen molar-refractivity contribution < 1.29 is 18.7 Å². The summed E-state index contributed by atoms with van der Waals surface area (Å²) < 4.78 is 18.3. The van der Waals surface area contributed by atoms with Crippen LogP contribution in [0.5, 0.6) is 0 Å². The molecule has 0 aromatic heterocycles. The Kier molecular flexibility index (Phi) is 6.03. The van der Waals surface area contributed by atoms with E-state index >= 15 is 0 Å². The first-order chi connectivity index (χ1) is 11.5. The zero-order valence-corrected chi connectivity index (χ0v) is 13.6. The van der Waals surface area contributed by atoms with E-state index in [1.807, 2.05) is 31.2 Å². The Morgan fingerprint density at radius 2 is 1.96 bits per heavy atom. The molecule has 24 heavy (non-hydrogen) atoms. The van der Waals surface area contributed by atoms with Crippen molar-refractivity contribution in [3.8, 4) is 0 Å². The largest absolute Gasteiger partial charge is 0.465 e. The number of aryl methyl sites for hydroxylation is 1. The minimum Gasteiger partial charge on any atom is -0.465 e. The molecule has 2 aromatic rings. The van der Waals surface area contributed by atoms with Crippen LogP contribution in [0.15, 0.2) is 42.5 Å². The third kappa shape index (κ3) is 4.89. The Hall–Kier alpha value is -2.73. The van der Waals surface area contributed by atoms with Crippen molar-refractivity contribution in [2.24, 2.45) is 0 Å². The number of anilines is 1. The topological polar surface area (TPSA) is 67.4 Å². The van der Waals surface area contributed by atoms with Crippen LogP contribution in [0.4, 0.5) is 10.1 Å².